The van der Waals surface area contributed by atoms with Crippen LogP contribution < -0.4 is 5.32 Å². The summed E-state index contributed by atoms with van der Waals surface area (Å²) >= 11 is 1.42. The van der Waals surface area contributed by atoms with E-state index in [9.17, 15) is 9.59 Å². The Labute approximate surface area is 175 Å². The number of benzene rings is 1. The Morgan fingerprint density at radius 3 is 2.45 bits per heavy atom. The highest BCUT2D eigenvalue weighted by atomic mass is 32.1. The largest absolute Gasteiger partial charge is 0.352 e. The Morgan fingerprint density at radius 2 is 1.83 bits per heavy atom. The van der Waals surface area contributed by atoms with Crippen LogP contribution in [0.4, 0.5) is 0 Å². The molecule has 152 valence electrons. The molecule has 1 aromatic carbocycles. The topological polar surface area (TPSA) is 52.7 Å². The van der Waals surface area contributed by atoms with Crippen LogP contribution in [0.15, 0.2) is 41.8 Å². The van der Waals surface area contributed by atoms with Gasteiger partial charge in [-0.25, -0.2) is 0 Å². The third kappa shape index (κ3) is 3.43. The van der Waals surface area contributed by atoms with Gasteiger partial charge in [0.05, 0.1) is 11.3 Å². The Balaban J connectivity index is 1.41. The van der Waals surface area contributed by atoms with Crippen molar-refractivity contribution in [1.29, 1.82) is 0 Å². The van der Waals surface area contributed by atoms with Crippen LogP contribution >= 0.6 is 11.3 Å². The Morgan fingerprint density at radius 1 is 1.14 bits per heavy atom. The molecule has 4 fully saturated rings. The quantitative estimate of drug-likeness (QED) is 0.769. The number of ketones is 1. The molecule has 6 heteroatoms. The van der Waals surface area contributed by atoms with Crippen LogP contribution in [0.2, 0.25) is 0 Å². The van der Waals surface area contributed by atoms with Gasteiger partial charge in [0.1, 0.15) is 0 Å². The molecule has 0 saturated carbocycles. The molecular weight excluding hydrogens is 382 g/mol. The van der Waals surface area contributed by atoms with Gasteiger partial charge in [0.15, 0.2) is 5.78 Å². The average Bonchev–Trinajstić information content (AvgIpc) is 3.02. The van der Waals surface area contributed by atoms with Crippen LogP contribution in [0.5, 0.6) is 0 Å². The number of hydrogen-bond donors (Lipinski definition) is 1. The number of rotatable bonds is 5. The highest BCUT2D eigenvalue weighted by Gasteiger charge is 2.55. The van der Waals surface area contributed by atoms with Crippen molar-refractivity contribution >= 4 is 23.0 Å². The lowest BCUT2D eigenvalue weighted by Gasteiger charge is -2.55. The fraction of sp³-hybridized carbons (Fsp3) is 0.478. The van der Waals surface area contributed by atoms with Crippen LogP contribution in [0.25, 0.3) is 0 Å². The predicted octanol–water partition coefficient (Wildman–Crippen LogP) is 2.18. The van der Waals surface area contributed by atoms with Gasteiger partial charge in [-0.3, -0.25) is 9.59 Å². The van der Waals surface area contributed by atoms with Gasteiger partial charge in [0.2, 0.25) is 5.91 Å². The zero-order valence-corrected chi connectivity index (χ0v) is 17.6. The van der Waals surface area contributed by atoms with Gasteiger partial charge < -0.3 is 15.1 Å². The third-order valence-electron chi connectivity index (χ3n) is 6.83. The van der Waals surface area contributed by atoms with E-state index in [2.05, 4.69) is 45.4 Å². The predicted molar refractivity (Wildman–Crippen MR) is 114 cm³/mol. The molecule has 1 N–H and O–H groups in total. The summed E-state index contributed by atoms with van der Waals surface area (Å²) in [5.74, 6) is 0.568. The van der Waals surface area contributed by atoms with Gasteiger partial charge in [-0.2, -0.15) is 0 Å². The van der Waals surface area contributed by atoms with Crippen molar-refractivity contribution < 1.29 is 9.59 Å². The van der Waals surface area contributed by atoms with Crippen LogP contribution in [-0.2, 0) is 16.6 Å². The number of nitrogens with one attached hydrogen (secondary N) is 1. The van der Waals surface area contributed by atoms with Crippen molar-refractivity contribution in [2.45, 2.75) is 24.8 Å². The summed E-state index contributed by atoms with van der Waals surface area (Å²) in [4.78, 5) is 30.5. The maximum absolute atomic E-state index is 13.0. The summed E-state index contributed by atoms with van der Waals surface area (Å²) < 4.78 is 0. The van der Waals surface area contributed by atoms with E-state index in [0.717, 1.165) is 49.7 Å². The molecule has 2 aromatic rings. The van der Waals surface area contributed by atoms with Gasteiger partial charge in [0.25, 0.3) is 0 Å². The lowest BCUT2D eigenvalue weighted by atomic mass is 9.64. The number of hydrogen-bond acceptors (Lipinski definition) is 5. The van der Waals surface area contributed by atoms with Gasteiger partial charge >= 0.3 is 0 Å². The highest BCUT2D eigenvalue weighted by molar-refractivity contribution is 7.12. The third-order valence-corrected chi connectivity index (χ3v) is 7.91. The molecular formula is C23H27N3O2S. The molecule has 6 rings (SSSR count). The molecule has 5 heterocycles. The zero-order chi connectivity index (χ0) is 20.0. The number of thiophene rings is 1. The van der Waals surface area contributed by atoms with E-state index in [1.807, 2.05) is 11.4 Å². The summed E-state index contributed by atoms with van der Waals surface area (Å²) in [5.41, 5.74) is 2.20. The van der Waals surface area contributed by atoms with Crippen molar-refractivity contribution in [2.75, 3.05) is 39.3 Å². The van der Waals surface area contributed by atoms with E-state index in [-0.39, 0.29) is 23.1 Å². The normalized spacial score (nSPS) is 32.7. The number of carbonyl (C=O) groups is 2. The lowest BCUT2D eigenvalue weighted by Crippen LogP contribution is -2.70. The monoisotopic (exact) mass is 409 g/mol. The highest BCUT2D eigenvalue weighted by Crippen LogP contribution is 2.43. The van der Waals surface area contributed by atoms with E-state index in [0.29, 0.717) is 12.3 Å². The summed E-state index contributed by atoms with van der Waals surface area (Å²) in [7, 11) is 0. The lowest BCUT2D eigenvalue weighted by molar-refractivity contribution is -0.123. The van der Waals surface area contributed by atoms with Gasteiger partial charge in [-0.15, -0.1) is 11.3 Å². The van der Waals surface area contributed by atoms with Crippen molar-refractivity contribution in [1.82, 2.24) is 15.1 Å². The molecule has 5 nitrogen and oxygen atoms in total. The van der Waals surface area contributed by atoms with Gasteiger partial charge in [0, 0.05) is 56.6 Å². The summed E-state index contributed by atoms with van der Waals surface area (Å²) in [6.45, 7) is 7.93. The van der Waals surface area contributed by atoms with E-state index < -0.39 is 0 Å². The molecule has 1 aromatic heterocycles. The number of fused-ring (bicyclic) bond motifs is 1. The molecule has 0 radical (unpaired) electrons. The zero-order valence-electron chi connectivity index (χ0n) is 16.8. The van der Waals surface area contributed by atoms with E-state index in [1.54, 1.807) is 6.92 Å². The first-order chi connectivity index (χ1) is 14.0. The van der Waals surface area contributed by atoms with Crippen LogP contribution in [0, 0.1) is 5.92 Å². The van der Waals surface area contributed by atoms with Gasteiger partial charge in [-0.05, 0) is 29.5 Å². The minimum absolute atomic E-state index is 0.0603. The van der Waals surface area contributed by atoms with Crippen molar-refractivity contribution in [3.63, 3.8) is 0 Å². The van der Waals surface area contributed by atoms with E-state index in [4.69, 9.17) is 0 Å². The number of carbonyl (C=O) groups excluding carboxylic acids is 2. The molecule has 29 heavy (non-hydrogen) atoms. The number of amides is 1. The van der Waals surface area contributed by atoms with Gasteiger partial charge in [-0.1, -0.05) is 30.3 Å². The Bertz CT molecular complexity index is 909. The maximum Gasteiger partial charge on any atom is 0.224 e. The number of Topliss-reactive ketones (excluding diaryl/α,β-unsaturated/α-hetero) is 1. The Hall–Kier alpha value is -2.02. The fourth-order valence-corrected chi connectivity index (χ4v) is 6.45. The molecule has 0 spiro atoms. The molecule has 4 saturated heterocycles. The van der Waals surface area contributed by atoms with Crippen molar-refractivity contribution in [3.8, 4) is 0 Å². The minimum atomic E-state index is -0.0617. The van der Waals surface area contributed by atoms with Crippen molar-refractivity contribution in [2.24, 2.45) is 5.92 Å². The van der Waals surface area contributed by atoms with E-state index in [1.165, 1.54) is 16.9 Å². The maximum atomic E-state index is 13.0. The van der Waals surface area contributed by atoms with E-state index >= 15 is 0 Å². The first kappa shape index (κ1) is 19.0. The molecule has 1 amide bonds. The molecule has 4 bridgehead atoms. The molecule has 2 unspecified atom stereocenters. The molecule has 4 aliphatic rings. The molecule has 0 aliphatic carbocycles. The standard InChI is InChI=1S/C23H27N3O2S/c1-16(27)20-9-17(13-29-20)10-21(28)24-22-18-11-25-7-8-26(12-18)15-23(22,14-25)19-5-3-2-4-6-19/h2-6,9,13,18,22H,7-8,10-12,14-15H2,1H3,(H,24,28)/t18?,22-,23?/m1/s1. The minimum Gasteiger partial charge on any atom is -0.352 e. The fourth-order valence-electron chi connectivity index (χ4n) is 5.63. The van der Waals surface area contributed by atoms with Crippen molar-refractivity contribution in [3.05, 3.63) is 57.8 Å². The smallest absolute Gasteiger partial charge is 0.224 e. The number of nitrogens with zero attached hydrogens (tertiary/aromatic N) is 2. The number of piperidine rings is 2. The first-order valence-electron chi connectivity index (χ1n) is 10.4. The van der Waals surface area contributed by atoms with Crippen LogP contribution in [-0.4, -0.2) is 66.8 Å². The average molecular weight is 410 g/mol. The summed E-state index contributed by atoms with van der Waals surface area (Å²) in [5, 5.41) is 5.38. The first-order valence-corrected chi connectivity index (χ1v) is 11.3. The second-order valence-electron chi connectivity index (χ2n) is 8.85. The SMILES string of the molecule is CC(=O)c1cc(CC(=O)N[C@@H]2C3CN4CCN(C3)CC2(c2ccccc2)C4)cs1. The van der Waals surface area contributed by atoms with Crippen LogP contribution in [0.3, 0.4) is 0 Å². The summed E-state index contributed by atoms with van der Waals surface area (Å²) in [6.07, 6.45) is 0.339. The Kier molecular flexibility index (Phi) is 4.81. The van der Waals surface area contributed by atoms with Crippen LogP contribution in [0.1, 0.15) is 27.7 Å². The second-order valence-corrected chi connectivity index (χ2v) is 9.76. The molecule has 4 aliphatic heterocycles. The summed E-state index contributed by atoms with van der Waals surface area (Å²) in [6, 6.07) is 12.8. The second kappa shape index (κ2) is 7.35. The molecule has 3 atom stereocenters.